The van der Waals surface area contributed by atoms with Crippen molar-refractivity contribution in [2.24, 2.45) is 0 Å². The molecule has 2 nitrogen and oxygen atoms in total. The number of carbonyl (C=O) groups is 2. The van der Waals surface area contributed by atoms with Gasteiger partial charge in [0.25, 0.3) is 0 Å². The third kappa shape index (κ3) is 6.81. The van der Waals surface area contributed by atoms with Crippen molar-refractivity contribution in [1.29, 1.82) is 0 Å². The largest absolute Gasteiger partial charge is 0.289 e. The summed E-state index contributed by atoms with van der Waals surface area (Å²) >= 11 is 0. The van der Waals surface area contributed by atoms with Crippen LogP contribution in [-0.2, 0) is 12.8 Å². The minimum Gasteiger partial charge on any atom is -0.289 e. The summed E-state index contributed by atoms with van der Waals surface area (Å²) in [6.07, 6.45) is 7.96. The van der Waals surface area contributed by atoms with Crippen molar-refractivity contribution < 1.29 is 9.59 Å². The third-order valence-corrected chi connectivity index (χ3v) is 8.43. The lowest BCUT2D eigenvalue weighted by molar-refractivity contribution is 0.103. The number of rotatable bonds is 14. The molecular weight excluding hydrogens is 536 g/mol. The molecule has 222 valence electrons. The second-order valence-electron chi connectivity index (χ2n) is 11.5. The molecule has 0 spiro atoms. The molecule has 5 rings (SSSR count). The van der Waals surface area contributed by atoms with Gasteiger partial charge in [-0.25, -0.2) is 0 Å². The fourth-order valence-electron chi connectivity index (χ4n) is 6.27. The van der Waals surface area contributed by atoms with Gasteiger partial charge < -0.3 is 0 Å². The Kier molecular flexibility index (Phi) is 10.7. The van der Waals surface area contributed by atoms with Crippen molar-refractivity contribution in [2.45, 2.75) is 65.2 Å². The van der Waals surface area contributed by atoms with Gasteiger partial charge in [-0.2, -0.15) is 0 Å². The molecule has 0 atom stereocenters. The van der Waals surface area contributed by atoms with Crippen molar-refractivity contribution in [3.05, 3.63) is 155 Å². The Bertz CT molecular complexity index is 1670. The fourth-order valence-corrected chi connectivity index (χ4v) is 6.27. The minimum absolute atomic E-state index is 0.0191. The van der Waals surface area contributed by atoms with E-state index in [-0.39, 0.29) is 11.6 Å². The molecule has 5 aromatic carbocycles. The van der Waals surface area contributed by atoms with E-state index in [9.17, 15) is 9.59 Å². The van der Waals surface area contributed by atoms with Crippen LogP contribution in [0.3, 0.4) is 0 Å². The van der Waals surface area contributed by atoms with E-state index in [2.05, 4.69) is 26.0 Å². The number of ketones is 2. The molecule has 44 heavy (non-hydrogen) atoms. The lowest BCUT2D eigenvalue weighted by Gasteiger charge is -2.27. The van der Waals surface area contributed by atoms with E-state index in [1.807, 2.05) is 109 Å². The SMILES string of the molecule is CCCCCc1c(CCCCC)c(-c2ccccc2)c(C(=O)c2ccccc2)c(-c2ccccc2)c1C(=O)c1ccccc1. The zero-order valence-corrected chi connectivity index (χ0v) is 26.0. The molecule has 0 aliphatic rings. The van der Waals surface area contributed by atoms with Crippen LogP contribution in [0.5, 0.6) is 0 Å². The predicted molar refractivity (Wildman–Crippen MR) is 184 cm³/mol. The van der Waals surface area contributed by atoms with Gasteiger partial charge in [-0.05, 0) is 53.5 Å². The first-order chi connectivity index (χ1) is 21.7. The van der Waals surface area contributed by atoms with Crippen molar-refractivity contribution in [3.63, 3.8) is 0 Å². The predicted octanol–water partition coefficient (Wildman–Crippen LogP) is 10.9. The Morgan fingerprint density at radius 3 is 1.27 bits per heavy atom. The van der Waals surface area contributed by atoms with Gasteiger partial charge >= 0.3 is 0 Å². The highest BCUT2D eigenvalue weighted by atomic mass is 16.1. The third-order valence-electron chi connectivity index (χ3n) is 8.43. The molecule has 0 aliphatic carbocycles. The number of hydrogen-bond donors (Lipinski definition) is 0. The number of unbranched alkanes of at least 4 members (excludes halogenated alkanes) is 4. The molecule has 0 bridgehead atoms. The van der Waals surface area contributed by atoms with Crippen LogP contribution in [0, 0.1) is 0 Å². The van der Waals surface area contributed by atoms with Crippen LogP contribution in [0.4, 0.5) is 0 Å². The van der Waals surface area contributed by atoms with Crippen LogP contribution in [-0.4, -0.2) is 11.6 Å². The number of carbonyl (C=O) groups excluding carboxylic acids is 2. The highest BCUT2D eigenvalue weighted by Gasteiger charge is 2.32. The summed E-state index contributed by atoms with van der Waals surface area (Å²) in [5.41, 5.74) is 8.46. The van der Waals surface area contributed by atoms with Crippen molar-refractivity contribution in [1.82, 2.24) is 0 Å². The van der Waals surface area contributed by atoms with Gasteiger partial charge in [0, 0.05) is 27.8 Å². The van der Waals surface area contributed by atoms with Crippen LogP contribution in [0.2, 0.25) is 0 Å². The molecule has 0 radical (unpaired) electrons. The minimum atomic E-state index is -0.0535. The van der Waals surface area contributed by atoms with Gasteiger partial charge in [-0.15, -0.1) is 0 Å². The summed E-state index contributed by atoms with van der Waals surface area (Å²) in [6.45, 7) is 4.43. The second kappa shape index (κ2) is 15.3. The molecule has 0 saturated carbocycles. The zero-order valence-electron chi connectivity index (χ0n) is 26.0. The molecule has 0 aliphatic heterocycles. The summed E-state index contributed by atoms with van der Waals surface area (Å²) in [5.74, 6) is -0.0725. The molecule has 0 fully saturated rings. The monoisotopic (exact) mass is 578 g/mol. The lowest BCUT2D eigenvalue weighted by Crippen LogP contribution is -2.18. The van der Waals surface area contributed by atoms with Crippen LogP contribution >= 0.6 is 0 Å². The number of hydrogen-bond acceptors (Lipinski definition) is 2. The summed E-state index contributed by atoms with van der Waals surface area (Å²) in [6, 6.07) is 39.5. The zero-order chi connectivity index (χ0) is 30.7. The lowest BCUT2D eigenvalue weighted by atomic mass is 9.75. The van der Waals surface area contributed by atoms with Gasteiger partial charge in [0.05, 0.1) is 0 Å². The van der Waals surface area contributed by atoms with E-state index in [0.29, 0.717) is 22.3 Å². The maximum atomic E-state index is 14.9. The Hall–Kier alpha value is -4.56. The van der Waals surface area contributed by atoms with Crippen molar-refractivity contribution in [2.75, 3.05) is 0 Å². The Balaban J connectivity index is 1.98. The first-order valence-corrected chi connectivity index (χ1v) is 16.2. The smallest absolute Gasteiger partial charge is 0.194 e. The van der Waals surface area contributed by atoms with Gasteiger partial charge in [-0.1, -0.05) is 161 Å². The quantitative estimate of drug-likeness (QED) is 0.0970. The average Bonchev–Trinajstić information content (AvgIpc) is 3.09. The molecule has 0 unspecified atom stereocenters. The van der Waals surface area contributed by atoms with Crippen molar-refractivity contribution in [3.8, 4) is 22.3 Å². The number of benzene rings is 5. The first kappa shape index (κ1) is 30.9. The maximum absolute atomic E-state index is 14.9. The van der Waals surface area contributed by atoms with Crippen LogP contribution < -0.4 is 0 Å². The van der Waals surface area contributed by atoms with E-state index < -0.39 is 0 Å². The highest BCUT2D eigenvalue weighted by molar-refractivity contribution is 6.23. The molecular formula is C42H42O2. The van der Waals surface area contributed by atoms with Crippen molar-refractivity contribution >= 4 is 11.6 Å². The summed E-state index contributed by atoms with van der Waals surface area (Å²) in [4.78, 5) is 29.7. The Morgan fingerprint density at radius 2 is 0.818 bits per heavy atom. The molecule has 0 amide bonds. The standard InChI is InChI=1S/C42H42O2/c1-3-5-11-29-35-36(30-12-6-4-2)39(41(43)33-25-17-9-18-26-33)38(32-23-15-8-16-24-32)40(37(35)31-21-13-7-14-22-31)42(44)34-27-19-10-20-28-34/h7-10,13-28H,3-6,11-12,29-30H2,1-2H3. The topological polar surface area (TPSA) is 34.1 Å². The van der Waals surface area contributed by atoms with Gasteiger partial charge in [0.1, 0.15) is 0 Å². The summed E-state index contributed by atoms with van der Waals surface area (Å²) in [7, 11) is 0. The van der Waals surface area contributed by atoms with Gasteiger partial charge in [0.15, 0.2) is 11.6 Å². The molecule has 0 saturated heterocycles. The Morgan fingerprint density at radius 1 is 0.432 bits per heavy atom. The second-order valence-corrected chi connectivity index (χ2v) is 11.5. The van der Waals surface area contributed by atoms with E-state index in [1.54, 1.807) is 0 Å². The van der Waals surface area contributed by atoms with E-state index in [1.165, 1.54) is 0 Å². The van der Waals surface area contributed by atoms with E-state index in [4.69, 9.17) is 0 Å². The molecule has 0 N–H and O–H groups in total. The van der Waals surface area contributed by atoms with Crippen LogP contribution in [0.25, 0.3) is 22.3 Å². The molecule has 2 heteroatoms. The normalized spacial score (nSPS) is 11.0. The summed E-state index contributed by atoms with van der Waals surface area (Å²) in [5, 5.41) is 0. The highest BCUT2D eigenvalue weighted by Crippen LogP contribution is 2.44. The Labute approximate surface area is 262 Å². The van der Waals surface area contributed by atoms with Gasteiger partial charge in [-0.3, -0.25) is 9.59 Å². The maximum Gasteiger partial charge on any atom is 0.194 e. The van der Waals surface area contributed by atoms with E-state index in [0.717, 1.165) is 84.7 Å². The average molecular weight is 579 g/mol. The van der Waals surface area contributed by atoms with Crippen LogP contribution in [0.15, 0.2) is 121 Å². The first-order valence-electron chi connectivity index (χ1n) is 16.2. The molecule has 0 aromatic heterocycles. The van der Waals surface area contributed by atoms with Gasteiger partial charge in [0.2, 0.25) is 0 Å². The summed E-state index contributed by atoms with van der Waals surface area (Å²) < 4.78 is 0. The van der Waals surface area contributed by atoms with Crippen LogP contribution in [0.1, 0.15) is 95.3 Å². The molecule has 5 aromatic rings. The fraction of sp³-hybridized carbons (Fsp3) is 0.238. The van der Waals surface area contributed by atoms with E-state index >= 15 is 0 Å². The molecule has 0 heterocycles.